The molecule has 0 N–H and O–H groups in total. The molecule has 1 nitrogen and oxygen atoms in total. The molecule has 0 spiro atoms. The molecular weight excluding hydrogens is 232 g/mol. The number of carbonyl (C=O) groups excluding carboxylic acids is 1. The number of aryl methyl sites for hydroxylation is 1. The highest BCUT2D eigenvalue weighted by Gasteiger charge is 2.19. The minimum atomic E-state index is 0.851. The van der Waals surface area contributed by atoms with E-state index in [4.69, 9.17) is 0 Å². The third-order valence-electron chi connectivity index (χ3n) is 4.74. The molecule has 0 radical (unpaired) electrons. The molecule has 19 heavy (non-hydrogen) atoms. The summed E-state index contributed by atoms with van der Waals surface area (Å²) in [6, 6.07) is 7.99. The van der Waals surface area contributed by atoms with Crippen molar-refractivity contribution in [1.29, 1.82) is 0 Å². The predicted octanol–water partition coefficient (Wildman–Crippen LogP) is 5.04. The van der Waals surface area contributed by atoms with Crippen molar-refractivity contribution < 1.29 is 4.79 Å². The molecule has 1 aliphatic carbocycles. The van der Waals surface area contributed by atoms with Crippen molar-refractivity contribution in [2.75, 3.05) is 0 Å². The molecule has 0 heterocycles. The first-order chi connectivity index (χ1) is 9.31. The predicted molar refractivity (Wildman–Crippen MR) is 80.5 cm³/mol. The van der Waals surface area contributed by atoms with Gasteiger partial charge in [-0.1, -0.05) is 69.7 Å². The van der Waals surface area contributed by atoms with Gasteiger partial charge in [-0.3, -0.25) is 4.79 Å². The lowest BCUT2D eigenvalue weighted by molar-refractivity contribution is 0.112. The minimum Gasteiger partial charge on any atom is -0.298 e. The molecule has 1 aromatic rings. The molecule has 0 saturated heterocycles. The lowest BCUT2D eigenvalue weighted by Crippen LogP contribution is -2.15. The summed E-state index contributed by atoms with van der Waals surface area (Å²) in [5.41, 5.74) is 2.08. The summed E-state index contributed by atoms with van der Waals surface area (Å²) in [7, 11) is 0. The molecule has 1 heteroatoms. The molecule has 0 aliphatic heterocycles. The average molecular weight is 258 g/mol. The van der Waals surface area contributed by atoms with E-state index in [2.05, 4.69) is 13.0 Å². The van der Waals surface area contributed by atoms with Crippen LogP contribution in [0.25, 0.3) is 0 Å². The van der Waals surface area contributed by atoms with Crippen LogP contribution in [0.2, 0.25) is 0 Å². The molecule has 1 saturated carbocycles. The van der Waals surface area contributed by atoms with Crippen LogP contribution in [0.3, 0.4) is 0 Å². The molecule has 0 bridgehead atoms. The van der Waals surface area contributed by atoms with Gasteiger partial charge >= 0.3 is 0 Å². The number of hydrogen-bond acceptors (Lipinski definition) is 1. The van der Waals surface area contributed by atoms with Crippen LogP contribution in [-0.2, 0) is 6.42 Å². The van der Waals surface area contributed by atoms with Gasteiger partial charge in [0.2, 0.25) is 0 Å². The molecule has 1 atom stereocenters. The molecular formula is C18H26O. The van der Waals surface area contributed by atoms with Crippen LogP contribution in [-0.4, -0.2) is 6.29 Å². The van der Waals surface area contributed by atoms with E-state index in [-0.39, 0.29) is 0 Å². The second-order valence-electron chi connectivity index (χ2n) is 6.08. The highest BCUT2D eigenvalue weighted by molar-refractivity contribution is 5.77. The second kappa shape index (κ2) is 7.47. The average Bonchev–Trinajstić information content (AvgIpc) is 2.48. The molecule has 2 rings (SSSR count). The summed E-state index contributed by atoms with van der Waals surface area (Å²) >= 11 is 0. The molecule has 1 aromatic carbocycles. The maximum atomic E-state index is 11.0. The van der Waals surface area contributed by atoms with Crippen LogP contribution in [0, 0.1) is 11.8 Å². The Bertz CT molecular complexity index is 390. The van der Waals surface area contributed by atoms with E-state index in [9.17, 15) is 4.79 Å². The highest BCUT2D eigenvalue weighted by atomic mass is 16.1. The normalized spacial score (nSPS) is 18.2. The van der Waals surface area contributed by atoms with Crippen molar-refractivity contribution in [2.24, 2.45) is 11.8 Å². The fourth-order valence-electron chi connectivity index (χ4n) is 3.43. The van der Waals surface area contributed by atoms with Crippen LogP contribution >= 0.6 is 0 Å². The summed E-state index contributed by atoms with van der Waals surface area (Å²) in [6.07, 6.45) is 11.7. The van der Waals surface area contributed by atoms with Gasteiger partial charge in [-0.05, 0) is 30.2 Å². The summed E-state index contributed by atoms with van der Waals surface area (Å²) < 4.78 is 0. The maximum Gasteiger partial charge on any atom is 0.150 e. The number of carbonyl (C=O) groups is 1. The van der Waals surface area contributed by atoms with Gasteiger partial charge in [0.15, 0.2) is 0 Å². The van der Waals surface area contributed by atoms with E-state index in [1.807, 2.05) is 18.2 Å². The Morgan fingerprint density at radius 1 is 1.21 bits per heavy atom. The second-order valence-corrected chi connectivity index (χ2v) is 6.08. The van der Waals surface area contributed by atoms with Crippen LogP contribution in [0.1, 0.15) is 67.8 Å². The number of rotatable bonds is 6. The highest BCUT2D eigenvalue weighted by Crippen LogP contribution is 2.32. The zero-order valence-electron chi connectivity index (χ0n) is 12.1. The minimum absolute atomic E-state index is 0.851. The molecule has 104 valence electrons. The van der Waals surface area contributed by atoms with Crippen molar-refractivity contribution in [3.63, 3.8) is 0 Å². The van der Waals surface area contributed by atoms with Crippen molar-refractivity contribution in [3.8, 4) is 0 Å². The van der Waals surface area contributed by atoms with Gasteiger partial charge in [-0.2, -0.15) is 0 Å². The standard InChI is InChI=1S/C18H26O/c1-15(16-9-3-2-4-10-16)8-7-13-17-11-5-6-12-18(17)14-19/h5-6,11-12,14-16H,2-4,7-10,13H2,1H3. The Morgan fingerprint density at radius 2 is 1.95 bits per heavy atom. The Kier molecular flexibility index (Phi) is 5.62. The van der Waals surface area contributed by atoms with Crippen molar-refractivity contribution in [1.82, 2.24) is 0 Å². The Morgan fingerprint density at radius 3 is 2.68 bits per heavy atom. The van der Waals surface area contributed by atoms with Crippen LogP contribution in [0.4, 0.5) is 0 Å². The van der Waals surface area contributed by atoms with Gasteiger partial charge in [-0.15, -0.1) is 0 Å². The van der Waals surface area contributed by atoms with E-state index in [0.29, 0.717) is 0 Å². The number of benzene rings is 1. The van der Waals surface area contributed by atoms with Crippen LogP contribution < -0.4 is 0 Å². The quantitative estimate of drug-likeness (QED) is 0.653. The van der Waals surface area contributed by atoms with Gasteiger partial charge in [-0.25, -0.2) is 0 Å². The maximum absolute atomic E-state index is 11.0. The summed E-state index contributed by atoms with van der Waals surface area (Å²) in [4.78, 5) is 11.0. The van der Waals surface area contributed by atoms with Crippen molar-refractivity contribution in [2.45, 2.75) is 58.3 Å². The summed E-state index contributed by atoms with van der Waals surface area (Å²) in [6.45, 7) is 2.42. The fraction of sp³-hybridized carbons (Fsp3) is 0.611. The topological polar surface area (TPSA) is 17.1 Å². The van der Waals surface area contributed by atoms with Crippen LogP contribution in [0.5, 0.6) is 0 Å². The lowest BCUT2D eigenvalue weighted by atomic mass is 9.78. The van der Waals surface area contributed by atoms with E-state index >= 15 is 0 Å². The van der Waals surface area contributed by atoms with Gasteiger partial charge in [0.25, 0.3) is 0 Å². The Labute approximate surface area is 117 Å². The lowest BCUT2D eigenvalue weighted by Gasteiger charge is -2.27. The zero-order chi connectivity index (χ0) is 13.5. The van der Waals surface area contributed by atoms with E-state index < -0.39 is 0 Å². The van der Waals surface area contributed by atoms with Crippen molar-refractivity contribution in [3.05, 3.63) is 35.4 Å². The molecule has 1 aliphatic rings. The van der Waals surface area contributed by atoms with E-state index in [1.165, 1.54) is 50.5 Å². The first-order valence-electron chi connectivity index (χ1n) is 7.84. The van der Waals surface area contributed by atoms with Gasteiger partial charge < -0.3 is 0 Å². The molecule has 1 fully saturated rings. The van der Waals surface area contributed by atoms with Gasteiger partial charge in [0.1, 0.15) is 6.29 Å². The summed E-state index contributed by atoms with van der Waals surface area (Å²) in [5.74, 6) is 1.80. The zero-order valence-corrected chi connectivity index (χ0v) is 12.1. The smallest absolute Gasteiger partial charge is 0.150 e. The Hall–Kier alpha value is -1.11. The molecule has 1 unspecified atom stereocenters. The number of aldehydes is 1. The SMILES string of the molecule is CC(CCCc1ccccc1C=O)C1CCCCC1. The van der Waals surface area contributed by atoms with Gasteiger partial charge in [0.05, 0.1) is 0 Å². The van der Waals surface area contributed by atoms with Crippen molar-refractivity contribution >= 4 is 6.29 Å². The largest absolute Gasteiger partial charge is 0.298 e. The molecule has 0 amide bonds. The summed E-state index contributed by atoms with van der Waals surface area (Å²) in [5, 5.41) is 0. The fourth-order valence-corrected chi connectivity index (χ4v) is 3.43. The first-order valence-corrected chi connectivity index (χ1v) is 7.84. The van der Waals surface area contributed by atoms with E-state index in [1.54, 1.807) is 0 Å². The first kappa shape index (κ1) is 14.3. The molecule has 0 aromatic heterocycles. The van der Waals surface area contributed by atoms with Crippen LogP contribution in [0.15, 0.2) is 24.3 Å². The third kappa shape index (κ3) is 4.19. The number of hydrogen-bond donors (Lipinski definition) is 0. The van der Waals surface area contributed by atoms with Gasteiger partial charge in [0, 0.05) is 5.56 Å². The third-order valence-corrected chi connectivity index (χ3v) is 4.74. The van der Waals surface area contributed by atoms with E-state index in [0.717, 1.165) is 30.1 Å². The monoisotopic (exact) mass is 258 g/mol. The Balaban J connectivity index is 1.77.